The molecule has 128 valence electrons. The molecule has 0 radical (unpaired) electrons. The molecule has 5 heteroatoms. The molecule has 0 saturated carbocycles. The summed E-state index contributed by atoms with van der Waals surface area (Å²) in [4.78, 5) is 13.2. The van der Waals surface area contributed by atoms with Crippen molar-refractivity contribution in [1.82, 2.24) is 15.0 Å². The van der Waals surface area contributed by atoms with Gasteiger partial charge in [-0.2, -0.15) is 0 Å². The third-order valence-corrected chi connectivity index (χ3v) is 4.19. The largest absolute Gasteiger partial charge is 0.387 e. The van der Waals surface area contributed by atoms with Crippen LogP contribution in [-0.4, -0.2) is 26.6 Å². The number of benzene rings is 2. The van der Waals surface area contributed by atoms with Gasteiger partial charge in [-0.3, -0.25) is 0 Å². The summed E-state index contributed by atoms with van der Waals surface area (Å²) in [6, 6.07) is 23.4. The van der Waals surface area contributed by atoms with Gasteiger partial charge >= 0.3 is 0 Å². The predicted octanol–water partition coefficient (Wildman–Crippen LogP) is 3.84. The van der Waals surface area contributed by atoms with Crippen molar-refractivity contribution in [2.45, 2.75) is 6.10 Å². The van der Waals surface area contributed by atoms with Crippen LogP contribution in [0.4, 0.5) is 5.82 Å². The van der Waals surface area contributed by atoms with Gasteiger partial charge in [-0.1, -0.05) is 54.6 Å². The highest BCUT2D eigenvalue weighted by Gasteiger charge is 2.08. The molecule has 26 heavy (non-hydrogen) atoms. The first-order valence-electron chi connectivity index (χ1n) is 8.45. The number of hydrogen-bond acceptors (Lipinski definition) is 5. The Morgan fingerprint density at radius 3 is 2.54 bits per heavy atom. The number of nitrogens with one attached hydrogen (secondary N) is 1. The Bertz CT molecular complexity index is 1020. The predicted molar refractivity (Wildman–Crippen MR) is 103 cm³/mol. The molecule has 0 unspecified atom stereocenters. The maximum Gasteiger partial charge on any atom is 0.130 e. The molecule has 0 bridgehead atoms. The van der Waals surface area contributed by atoms with Crippen LogP contribution in [0, 0.1) is 0 Å². The van der Waals surface area contributed by atoms with Crippen molar-refractivity contribution in [3.8, 4) is 11.4 Å². The van der Waals surface area contributed by atoms with Crippen molar-refractivity contribution in [3.05, 3.63) is 84.7 Å². The number of hydrogen-bond donors (Lipinski definition) is 2. The van der Waals surface area contributed by atoms with E-state index in [-0.39, 0.29) is 0 Å². The normalized spacial score (nSPS) is 12.0. The van der Waals surface area contributed by atoms with E-state index < -0.39 is 6.10 Å². The van der Waals surface area contributed by atoms with Crippen LogP contribution in [0.25, 0.3) is 22.3 Å². The zero-order valence-corrected chi connectivity index (χ0v) is 14.1. The first-order valence-corrected chi connectivity index (χ1v) is 8.45. The van der Waals surface area contributed by atoms with Gasteiger partial charge in [0.1, 0.15) is 12.1 Å². The van der Waals surface area contributed by atoms with Gasteiger partial charge < -0.3 is 10.4 Å². The molecule has 0 saturated heterocycles. The third-order valence-electron chi connectivity index (χ3n) is 4.19. The zero-order chi connectivity index (χ0) is 17.8. The lowest BCUT2D eigenvalue weighted by Crippen LogP contribution is -2.13. The molecule has 0 aliphatic rings. The lowest BCUT2D eigenvalue weighted by atomic mass is 10.1. The number of aromatic nitrogens is 3. The molecule has 0 fully saturated rings. The first-order chi connectivity index (χ1) is 12.8. The van der Waals surface area contributed by atoms with E-state index in [1.165, 1.54) is 6.33 Å². The number of pyridine rings is 1. The molecule has 4 rings (SSSR count). The summed E-state index contributed by atoms with van der Waals surface area (Å²) in [5.74, 6) is 0.653. The Balaban J connectivity index is 1.52. The molecule has 0 spiro atoms. The number of anilines is 1. The Labute approximate surface area is 151 Å². The minimum Gasteiger partial charge on any atom is -0.387 e. The van der Waals surface area contributed by atoms with Crippen LogP contribution < -0.4 is 5.32 Å². The molecule has 2 N–H and O–H groups in total. The van der Waals surface area contributed by atoms with Crippen molar-refractivity contribution in [2.24, 2.45) is 0 Å². The number of fused-ring (bicyclic) bond motifs is 1. The number of nitrogens with zero attached hydrogens (tertiary/aromatic N) is 3. The van der Waals surface area contributed by atoms with E-state index in [9.17, 15) is 5.11 Å². The van der Waals surface area contributed by atoms with Crippen LogP contribution >= 0.6 is 0 Å². The molecular weight excluding hydrogens is 324 g/mol. The zero-order valence-electron chi connectivity index (χ0n) is 14.1. The molecule has 0 aliphatic carbocycles. The summed E-state index contributed by atoms with van der Waals surface area (Å²) < 4.78 is 0. The number of para-hydroxylation sites is 1. The number of rotatable bonds is 5. The Hall–Kier alpha value is -3.31. The highest BCUT2D eigenvalue weighted by atomic mass is 16.3. The van der Waals surface area contributed by atoms with Crippen molar-refractivity contribution < 1.29 is 5.11 Å². The molecule has 5 nitrogen and oxygen atoms in total. The van der Waals surface area contributed by atoms with Crippen LogP contribution in [0.3, 0.4) is 0 Å². The Morgan fingerprint density at radius 2 is 1.65 bits per heavy atom. The van der Waals surface area contributed by atoms with Crippen molar-refractivity contribution in [2.75, 3.05) is 11.9 Å². The Kier molecular flexibility index (Phi) is 4.53. The fraction of sp³-hybridized carbons (Fsp3) is 0.0952. The number of aliphatic hydroxyl groups excluding tert-OH is 1. The van der Waals surface area contributed by atoms with Crippen LogP contribution in [0.2, 0.25) is 0 Å². The third kappa shape index (κ3) is 3.53. The van der Waals surface area contributed by atoms with E-state index in [1.54, 1.807) is 0 Å². The van der Waals surface area contributed by atoms with Crippen LogP contribution in [0.15, 0.2) is 79.1 Å². The second kappa shape index (κ2) is 7.29. The Morgan fingerprint density at radius 1 is 0.846 bits per heavy atom. The summed E-state index contributed by atoms with van der Waals surface area (Å²) in [6.07, 6.45) is 0.900. The van der Waals surface area contributed by atoms with E-state index in [4.69, 9.17) is 0 Å². The standard InChI is InChI=1S/C21H18N4O/c26-20(16-7-2-1-3-8-16)13-22-21-12-19(23-14-24-21)18-11-10-15-6-4-5-9-17(15)25-18/h1-12,14,20,26H,13H2,(H,22,23,24)/t20-/m0/s1. The summed E-state index contributed by atoms with van der Waals surface area (Å²) in [5, 5.41) is 14.5. The van der Waals surface area contributed by atoms with Crippen molar-refractivity contribution in [3.63, 3.8) is 0 Å². The fourth-order valence-electron chi connectivity index (χ4n) is 2.80. The second-order valence-corrected chi connectivity index (χ2v) is 5.99. The highest BCUT2D eigenvalue weighted by Crippen LogP contribution is 2.21. The fourth-order valence-corrected chi connectivity index (χ4v) is 2.80. The molecular formula is C21H18N4O. The average molecular weight is 342 g/mol. The van der Waals surface area contributed by atoms with Gasteiger partial charge in [-0.05, 0) is 17.7 Å². The maximum atomic E-state index is 10.3. The van der Waals surface area contributed by atoms with Crippen LogP contribution in [0.5, 0.6) is 0 Å². The minimum atomic E-state index is -0.603. The lowest BCUT2D eigenvalue weighted by molar-refractivity contribution is 0.191. The highest BCUT2D eigenvalue weighted by molar-refractivity contribution is 5.81. The quantitative estimate of drug-likeness (QED) is 0.577. The molecule has 0 amide bonds. The van der Waals surface area contributed by atoms with E-state index in [1.807, 2.05) is 72.8 Å². The lowest BCUT2D eigenvalue weighted by Gasteiger charge is -2.13. The summed E-state index contributed by atoms with van der Waals surface area (Å²) >= 11 is 0. The molecule has 2 aromatic heterocycles. The van der Waals surface area contributed by atoms with E-state index >= 15 is 0 Å². The summed E-state index contributed by atoms with van der Waals surface area (Å²) in [5.41, 5.74) is 3.32. The van der Waals surface area contributed by atoms with Gasteiger partial charge in [0.2, 0.25) is 0 Å². The second-order valence-electron chi connectivity index (χ2n) is 5.99. The smallest absolute Gasteiger partial charge is 0.130 e. The molecule has 4 aromatic rings. The molecule has 1 atom stereocenters. The van der Waals surface area contributed by atoms with Crippen LogP contribution in [0.1, 0.15) is 11.7 Å². The van der Waals surface area contributed by atoms with Gasteiger partial charge in [-0.25, -0.2) is 15.0 Å². The molecule has 2 aromatic carbocycles. The molecule has 0 aliphatic heterocycles. The van der Waals surface area contributed by atoms with Gasteiger partial charge in [0.25, 0.3) is 0 Å². The van der Waals surface area contributed by atoms with Gasteiger partial charge in [0.05, 0.1) is 23.0 Å². The van der Waals surface area contributed by atoms with Gasteiger partial charge in [0, 0.05) is 18.0 Å². The summed E-state index contributed by atoms with van der Waals surface area (Å²) in [6.45, 7) is 0.367. The van der Waals surface area contributed by atoms with Crippen molar-refractivity contribution >= 4 is 16.7 Å². The van der Waals surface area contributed by atoms with E-state index in [2.05, 4.69) is 20.3 Å². The van der Waals surface area contributed by atoms with Crippen molar-refractivity contribution in [1.29, 1.82) is 0 Å². The SMILES string of the molecule is O[C@@H](CNc1cc(-c2ccc3ccccc3n2)ncn1)c1ccccc1. The minimum absolute atomic E-state index is 0.367. The van der Waals surface area contributed by atoms with E-state index in [0.717, 1.165) is 27.9 Å². The number of aliphatic hydroxyl groups is 1. The molecule has 2 heterocycles. The average Bonchev–Trinajstić information content (AvgIpc) is 2.72. The first kappa shape index (κ1) is 16.2. The topological polar surface area (TPSA) is 70.9 Å². The van der Waals surface area contributed by atoms with Gasteiger partial charge in [0.15, 0.2) is 0 Å². The van der Waals surface area contributed by atoms with Crippen LogP contribution in [-0.2, 0) is 0 Å². The monoisotopic (exact) mass is 342 g/mol. The van der Waals surface area contributed by atoms with E-state index in [0.29, 0.717) is 12.4 Å². The maximum absolute atomic E-state index is 10.3. The summed E-state index contributed by atoms with van der Waals surface area (Å²) in [7, 11) is 0. The van der Waals surface area contributed by atoms with Gasteiger partial charge in [-0.15, -0.1) is 0 Å².